The molecule has 1 atom stereocenters. The first-order valence-corrected chi connectivity index (χ1v) is 5.78. The highest BCUT2D eigenvalue weighted by Gasteiger charge is 2.31. The second-order valence-electron chi connectivity index (χ2n) is 5.17. The van der Waals surface area contributed by atoms with Gasteiger partial charge in [0.25, 0.3) is 6.43 Å². The van der Waals surface area contributed by atoms with Crippen molar-refractivity contribution in [2.24, 2.45) is 0 Å². The van der Waals surface area contributed by atoms with E-state index in [1.54, 1.807) is 20.8 Å². The van der Waals surface area contributed by atoms with Crippen LogP contribution in [0.2, 0.25) is 0 Å². The maximum Gasteiger partial charge on any atom is 0.410 e. The summed E-state index contributed by atoms with van der Waals surface area (Å²) in [5.74, 6) is 0. The van der Waals surface area contributed by atoms with Gasteiger partial charge in [0.1, 0.15) is 5.60 Å². The molecule has 17 heavy (non-hydrogen) atoms. The van der Waals surface area contributed by atoms with Crippen LogP contribution in [0.25, 0.3) is 0 Å². The molecule has 100 valence electrons. The number of rotatable bonds is 3. The Morgan fingerprint density at radius 2 is 2.18 bits per heavy atom. The highest BCUT2D eigenvalue weighted by atomic mass is 19.3. The molecular weight excluding hydrogens is 230 g/mol. The Bertz CT molecular complexity index is 261. The average Bonchev–Trinajstić information content (AvgIpc) is 2.63. The molecule has 1 aliphatic rings. The van der Waals surface area contributed by atoms with Crippen molar-refractivity contribution in [2.75, 3.05) is 19.6 Å². The van der Waals surface area contributed by atoms with Crippen LogP contribution in [-0.2, 0) is 4.74 Å². The lowest BCUT2D eigenvalue weighted by molar-refractivity contribution is 0.00104. The molecule has 0 spiro atoms. The Morgan fingerprint density at radius 1 is 1.53 bits per heavy atom. The number of halogens is 2. The lowest BCUT2D eigenvalue weighted by Crippen LogP contribution is -2.46. The molecule has 0 aromatic heterocycles. The summed E-state index contributed by atoms with van der Waals surface area (Å²) in [6, 6.07) is -0.196. The minimum absolute atomic E-state index is 0.196. The Balaban J connectivity index is 2.64. The van der Waals surface area contributed by atoms with Gasteiger partial charge in [-0.3, -0.25) is 4.90 Å². The van der Waals surface area contributed by atoms with Crippen molar-refractivity contribution >= 4 is 6.09 Å². The third-order valence-corrected chi connectivity index (χ3v) is 2.44. The summed E-state index contributed by atoms with van der Waals surface area (Å²) >= 11 is 0. The molecule has 0 radical (unpaired) electrons. The lowest BCUT2D eigenvalue weighted by atomic mass is 10.2. The molecule has 1 amide bonds. The largest absolute Gasteiger partial charge is 0.444 e. The third-order valence-electron chi connectivity index (χ3n) is 2.44. The number of ether oxygens (including phenoxy) is 1. The maximum atomic E-state index is 12.5. The predicted molar refractivity (Wildman–Crippen MR) is 60.2 cm³/mol. The average molecular weight is 250 g/mol. The lowest BCUT2D eigenvalue weighted by Gasteiger charge is -2.31. The molecule has 0 aromatic rings. The molecule has 1 fully saturated rings. The molecule has 1 heterocycles. The van der Waals surface area contributed by atoms with E-state index in [1.165, 1.54) is 0 Å². The Kier molecular flexibility index (Phi) is 4.68. The van der Waals surface area contributed by atoms with E-state index in [1.807, 2.05) is 0 Å². The fraction of sp³-hybridized carbons (Fsp3) is 0.909. The number of hydrogen-bond donors (Lipinski definition) is 1. The second kappa shape index (κ2) is 5.62. The molecule has 6 heteroatoms. The zero-order valence-corrected chi connectivity index (χ0v) is 10.5. The maximum absolute atomic E-state index is 12.5. The standard InChI is InChI=1S/C11H20F2N2O2/c1-11(2,3)17-10(16)15(7-9(12)13)8-4-5-14-6-8/h8-9,14H,4-7H2,1-3H3/t8-/m1/s1. The number of nitrogens with one attached hydrogen (secondary N) is 1. The number of carbonyl (C=O) groups is 1. The van der Waals surface area contributed by atoms with Crippen LogP contribution in [0, 0.1) is 0 Å². The van der Waals surface area contributed by atoms with Gasteiger partial charge in [0.05, 0.1) is 6.54 Å². The van der Waals surface area contributed by atoms with Crippen LogP contribution in [0.15, 0.2) is 0 Å². The van der Waals surface area contributed by atoms with Gasteiger partial charge in [-0.25, -0.2) is 13.6 Å². The molecule has 1 rings (SSSR count). The summed E-state index contributed by atoms with van der Waals surface area (Å²) in [5.41, 5.74) is -0.663. The number of alkyl halides is 2. The van der Waals surface area contributed by atoms with Crippen LogP contribution in [-0.4, -0.2) is 48.7 Å². The van der Waals surface area contributed by atoms with Crippen molar-refractivity contribution in [3.05, 3.63) is 0 Å². The highest BCUT2D eigenvalue weighted by Crippen LogP contribution is 2.16. The van der Waals surface area contributed by atoms with Gasteiger partial charge in [-0.1, -0.05) is 0 Å². The van der Waals surface area contributed by atoms with E-state index in [-0.39, 0.29) is 6.04 Å². The van der Waals surface area contributed by atoms with E-state index in [0.717, 1.165) is 11.4 Å². The Hall–Kier alpha value is -0.910. The summed E-state index contributed by atoms with van der Waals surface area (Å²) in [6.45, 7) is 5.88. The monoisotopic (exact) mass is 250 g/mol. The molecule has 0 saturated carbocycles. The Labute approximate surface area is 100 Å². The van der Waals surface area contributed by atoms with Crippen molar-refractivity contribution in [2.45, 2.75) is 45.3 Å². The van der Waals surface area contributed by atoms with Gasteiger partial charge in [0.15, 0.2) is 0 Å². The molecule has 0 bridgehead atoms. The molecule has 0 aliphatic carbocycles. The fourth-order valence-corrected chi connectivity index (χ4v) is 1.75. The second-order valence-corrected chi connectivity index (χ2v) is 5.17. The van der Waals surface area contributed by atoms with Crippen LogP contribution in [0.3, 0.4) is 0 Å². The van der Waals surface area contributed by atoms with E-state index < -0.39 is 24.7 Å². The van der Waals surface area contributed by atoms with E-state index in [0.29, 0.717) is 13.0 Å². The quantitative estimate of drug-likeness (QED) is 0.831. The summed E-state index contributed by atoms with van der Waals surface area (Å²) in [5, 5.41) is 3.05. The summed E-state index contributed by atoms with van der Waals surface area (Å²) in [6.07, 6.45) is -2.51. The summed E-state index contributed by atoms with van der Waals surface area (Å²) in [7, 11) is 0. The van der Waals surface area contributed by atoms with Crippen LogP contribution < -0.4 is 5.32 Å². The van der Waals surface area contributed by atoms with E-state index in [2.05, 4.69) is 5.32 Å². The van der Waals surface area contributed by atoms with Crippen LogP contribution in [0.4, 0.5) is 13.6 Å². The number of carbonyl (C=O) groups excluding carboxylic acids is 1. The fourth-order valence-electron chi connectivity index (χ4n) is 1.75. The summed E-state index contributed by atoms with van der Waals surface area (Å²) in [4.78, 5) is 13.0. The first-order valence-electron chi connectivity index (χ1n) is 5.78. The SMILES string of the molecule is CC(C)(C)OC(=O)N(CC(F)F)[C@@H]1CCNC1. The summed E-state index contributed by atoms with van der Waals surface area (Å²) < 4.78 is 30.1. The normalized spacial score (nSPS) is 20.7. The van der Waals surface area contributed by atoms with Gasteiger partial charge in [-0.05, 0) is 33.7 Å². The van der Waals surface area contributed by atoms with Gasteiger partial charge in [0.2, 0.25) is 0 Å². The first-order chi connectivity index (χ1) is 7.79. The van der Waals surface area contributed by atoms with E-state index in [9.17, 15) is 13.6 Å². The highest BCUT2D eigenvalue weighted by molar-refractivity contribution is 5.68. The minimum Gasteiger partial charge on any atom is -0.444 e. The van der Waals surface area contributed by atoms with Gasteiger partial charge in [-0.15, -0.1) is 0 Å². The van der Waals surface area contributed by atoms with Crippen molar-refractivity contribution < 1.29 is 18.3 Å². The van der Waals surface area contributed by atoms with Crippen LogP contribution in [0.1, 0.15) is 27.2 Å². The number of amides is 1. The van der Waals surface area contributed by atoms with E-state index in [4.69, 9.17) is 4.74 Å². The predicted octanol–water partition coefficient (Wildman–Crippen LogP) is 1.85. The topological polar surface area (TPSA) is 41.6 Å². The molecule has 4 nitrogen and oxygen atoms in total. The molecular formula is C11H20F2N2O2. The minimum atomic E-state index is -2.54. The van der Waals surface area contributed by atoms with Crippen LogP contribution >= 0.6 is 0 Å². The Morgan fingerprint density at radius 3 is 2.59 bits per heavy atom. The third kappa shape index (κ3) is 4.85. The first kappa shape index (κ1) is 14.2. The molecule has 1 aliphatic heterocycles. The molecule has 0 aromatic carbocycles. The van der Waals surface area contributed by atoms with Gasteiger partial charge < -0.3 is 10.1 Å². The number of nitrogens with zero attached hydrogens (tertiary/aromatic N) is 1. The van der Waals surface area contributed by atoms with E-state index >= 15 is 0 Å². The van der Waals surface area contributed by atoms with Crippen molar-refractivity contribution in [1.29, 1.82) is 0 Å². The molecule has 0 unspecified atom stereocenters. The zero-order valence-electron chi connectivity index (χ0n) is 10.5. The van der Waals surface area contributed by atoms with Gasteiger partial charge >= 0.3 is 6.09 Å². The zero-order chi connectivity index (χ0) is 13.1. The van der Waals surface area contributed by atoms with Gasteiger partial charge in [-0.2, -0.15) is 0 Å². The van der Waals surface area contributed by atoms with Crippen molar-refractivity contribution in [3.63, 3.8) is 0 Å². The van der Waals surface area contributed by atoms with Crippen molar-refractivity contribution in [3.8, 4) is 0 Å². The van der Waals surface area contributed by atoms with Crippen molar-refractivity contribution in [1.82, 2.24) is 10.2 Å². The molecule has 1 saturated heterocycles. The smallest absolute Gasteiger partial charge is 0.410 e. The number of hydrogen-bond acceptors (Lipinski definition) is 3. The molecule has 1 N–H and O–H groups in total. The van der Waals surface area contributed by atoms with Gasteiger partial charge in [0, 0.05) is 12.6 Å². The van der Waals surface area contributed by atoms with Crippen LogP contribution in [0.5, 0.6) is 0 Å².